The van der Waals surface area contributed by atoms with Gasteiger partial charge in [0, 0.05) is 26.7 Å². The lowest BCUT2D eigenvalue weighted by molar-refractivity contribution is 0.0642. The normalized spacial score (nSPS) is 10.3. The smallest absolute Gasteiger partial charge is 0.234 e. The maximum Gasteiger partial charge on any atom is 0.234 e. The molecule has 1 N–H and O–H groups in total. The van der Waals surface area contributed by atoms with Crippen LogP contribution in [0.2, 0.25) is 0 Å². The van der Waals surface area contributed by atoms with Crippen molar-refractivity contribution in [1.82, 2.24) is 9.97 Å². The molecule has 0 fully saturated rings. The molecule has 0 aliphatic carbocycles. The van der Waals surface area contributed by atoms with Crippen LogP contribution >= 0.6 is 0 Å². The summed E-state index contributed by atoms with van der Waals surface area (Å²) in [5.74, 6) is 1.26. The number of nitrogens with one attached hydrogen (secondary N) is 1. The van der Waals surface area contributed by atoms with Crippen LogP contribution < -0.4 is 10.1 Å². The van der Waals surface area contributed by atoms with Crippen LogP contribution in [0.25, 0.3) is 0 Å². The van der Waals surface area contributed by atoms with Crippen molar-refractivity contribution in [2.24, 2.45) is 0 Å². The number of methoxy groups -OCH3 is 1. The van der Waals surface area contributed by atoms with Gasteiger partial charge in [-0.2, -0.15) is 4.98 Å². The van der Waals surface area contributed by atoms with Gasteiger partial charge >= 0.3 is 0 Å². The zero-order chi connectivity index (χ0) is 13.1. The number of hydrogen-bond donors (Lipinski definition) is 1. The van der Waals surface area contributed by atoms with Crippen LogP contribution in [0.5, 0.6) is 5.88 Å². The SMILES string of the molecule is CCNc1cncc(OCCCOCCOC)n1. The highest BCUT2D eigenvalue weighted by atomic mass is 16.5. The summed E-state index contributed by atoms with van der Waals surface area (Å²) in [6.07, 6.45) is 4.09. The molecule has 18 heavy (non-hydrogen) atoms. The van der Waals surface area contributed by atoms with Gasteiger partial charge < -0.3 is 19.5 Å². The van der Waals surface area contributed by atoms with Gasteiger partial charge in [-0.15, -0.1) is 0 Å². The lowest BCUT2D eigenvalue weighted by atomic mass is 10.5. The standard InChI is InChI=1S/C12H21N3O3/c1-3-14-11-9-13-10-12(15-11)18-6-4-5-17-8-7-16-2/h9-10H,3-8H2,1-2H3,(H,14,15). The van der Waals surface area contributed by atoms with Gasteiger partial charge in [-0.05, 0) is 6.92 Å². The van der Waals surface area contributed by atoms with E-state index < -0.39 is 0 Å². The van der Waals surface area contributed by atoms with Crippen molar-refractivity contribution in [1.29, 1.82) is 0 Å². The van der Waals surface area contributed by atoms with Crippen LogP contribution in [0.15, 0.2) is 12.4 Å². The molecule has 0 spiro atoms. The van der Waals surface area contributed by atoms with Crippen LogP contribution in [0.4, 0.5) is 5.82 Å². The Bertz CT molecular complexity index is 323. The van der Waals surface area contributed by atoms with E-state index in [0.717, 1.165) is 18.8 Å². The number of nitrogens with zero attached hydrogens (tertiary/aromatic N) is 2. The summed E-state index contributed by atoms with van der Waals surface area (Å²) in [6, 6.07) is 0. The quantitative estimate of drug-likeness (QED) is 0.636. The first-order valence-corrected chi connectivity index (χ1v) is 6.12. The minimum atomic E-state index is 0.533. The summed E-state index contributed by atoms with van der Waals surface area (Å²) in [5.41, 5.74) is 0. The Morgan fingerprint density at radius 2 is 2.06 bits per heavy atom. The molecule has 0 aliphatic heterocycles. The molecule has 0 atom stereocenters. The summed E-state index contributed by atoms with van der Waals surface area (Å²) in [4.78, 5) is 8.30. The zero-order valence-corrected chi connectivity index (χ0v) is 11.0. The van der Waals surface area contributed by atoms with E-state index in [1.807, 2.05) is 6.92 Å². The van der Waals surface area contributed by atoms with E-state index in [0.29, 0.717) is 32.3 Å². The van der Waals surface area contributed by atoms with E-state index >= 15 is 0 Å². The summed E-state index contributed by atoms with van der Waals surface area (Å²) in [5, 5.41) is 3.08. The Morgan fingerprint density at radius 1 is 1.17 bits per heavy atom. The topological polar surface area (TPSA) is 65.5 Å². The first kappa shape index (κ1) is 14.7. The van der Waals surface area contributed by atoms with E-state index in [4.69, 9.17) is 14.2 Å². The predicted octanol–water partition coefficient (Wildman–Crippen LogP) is 1.34. The second-order valence-corrected chi connectivity index (χ2v) is 3.58. The van der Waals surface area contributed by atoms with Crippen LogP contribution in [0.3, 0.4) is 0 Å². The molecule has 1 heterocycles. The van der Waals surface area contributed by atoms with E-state index in [-0.39, 0.29) is 0 Å². The van der Waals surface area contributed by atoms with Gasteiger partial charge in [0.25, 0.3) is 0 Å². The molecular weight excluding hydrogens is 234 g/mol. The van der Waals surface area contributed by atoms with Crippen molar-refractivity contribution >= 4 is 5.82 Å². The van der Waals surface area contributed by atoms with Gasteiger partial charge in [0.1, 0.15) is 5.82 Å². The van der Waals surface area contributed by atoms with Crippen LogP contribution in [0, 0.1) is 0 Å². The van der Waals surface area contributed by atoms with E-state index in [1.54, 1.807) is 19.5 Å². The van der Waals surface area contributed by atoms with E-state index in [9.17, 15) is 0 Å². The predicted molar refractivity (Wildman–Crippen MR) is 69.0 cm³/mol. The third kappa shape index (κ3) is 6.36. The molecule has 1 aromatic heterocycles. The van der Waals surface area contributed by atoms with Crippen molar-refractivity contribution in [2.75, 3.05) is 45.4 Å². The molecule has 0 saturated heterocycles. The van der Waals surface area contributed by atoms with Gasteiger partial charge in [-0.25, -0.2) is 0 Å². The molecule has 1 aromatic rings. The lowest BCUT2D eigenvalue weighted by Gasteiger charge is -2.07. The van der Waals surface area contributed by atoms with Crippen molar-refractivity contribution in [3.63, 3.8) is 0 Å². The molecule has 102 valence electrons. The van der Waals surface area contributed by atoms with Gasteiger partial charge in [-0.3, -0.25) is 4.98 Å². The minimum Gasteiger partial charge on any atom is -0.476 e. The second kappa shape index (κ2) is 9.61. The zero-order valence-electron chi connectivity index (χ0n) is 11.0. The number of ether oxygens (including phenoxy) is 3. The number of anilines is 1. The lowest BCUT2D eigenvalue weighted by Crippen LogP contribution is -2.08. The highest BCUT2D eigenvalue weighted by Gasteiger charge is 1.98. The van der Waals surface area contributed by atoms with Gasteiger partial charge in [-0.1, -0.05) is 0 Å². The Kier molecular flexibility index (Phi) is 7.83. The van der Waals surface area contributed by atoms with E-state index in [1.165, 1.54) is 0 Å². The first-order valence-electron chi connectivity index (χ1n) is 6.12. The molecular formula is C12H21N3O3. The Labute approximate surface area is 108 Å². The average Bonchev–Trinajstić information content (AvgIpc) is 2.39. The van der Waals surface area contributed by atoms with Crippen molar-refractivity contribution < 1.29 is 14.2 Å². The van der Waals surface area contributed by atoms with Crippen LogP contribution in [-0.2, 0) is 9.47 Å². The minimum absolute atomic E-state index is 0.533. The summed E-state index contributed by atoms with van der Waals surface area (Å²) in [7, 11) is 1.66. The summed E-state index contributed by atoms with van der Waals surface area (Å²) >= 11 is 0. The molecule has 1 rings (SSSR count). The Morgan fingerprint density at radius 3 is 2.83 bits per heavy atom. The molecule has 6 nitrogen and oxygen atoms in total. The molecule has 0 aliphatic rings. The first-order chi connectivity index (χ1) is 8.86. The average molecular weight is 255 g/mol. The number of aromatic nitrogens is 2. The molecule has 0 unspecified atom stereocenters. The fourth-order valence-electron chi connectivity index (χ4n) is 1.27. The second-order valence-electron chi connectivity index (χ2n) is 3.58. The number of rotatable bonds is 10. The third-order valence-corrected chi connectivity index (χ3v) is 2.09. The molecule has 0 saturated carbocycles. The fraction of sp³-hybridized carbons (Fsp3) is 0.667. The number of hydrogen-bond acceptors (Lipinski definition) is 6. The van der Waals surface area contributed by atoms with Crippen molar-refractivity contribution in [3.8, 4) is 5.88 Å². The molecule has 0 radical (unpaired) electrons. The maximum absolute atomic E-state index is 5.47. The highest BCUT2D eigenvalue weighted by molar-refractivity contribution is 5.32. The Balaban J connectivity index is 2.13. The van der Waals surface area contributed by atoms with Crippen molar-refractivity contribution in [2.45, 2.75) is 13.3 Å². The maximum atomic E-state index is 5.47. The highest BCUT2D eigenvalue weighted by Crippen LogP contribution is 2.08. The van der Waals surface area contributed by atoms with Gasteiger partial charge in [0.05, 0.1) is 32.2 Å². The summed E-state index contributed by atoms with van der Waals surface area (Å²) in [6.45, 7) is 5.28. The molecule has 0 bridgehead atoms. The molecule has 6 heteroatoms. The van der Waals surface area contributed by atoms with Gasteiger partial charge in [0.15, 0.2) is 0 Å². The van der Waals surface area contributed by atoms with Gasteiger partial charge in [0.2, 0.25) is 5.88 Å². The molecule has 0 amide bonds. The fourth-order valence-corrected chi connectivity index (χ4v) is 1.27. The van der Waals surface area contributed by atoms with E-state index in [2.05, 4.69) is 15.3 Å². The third-order valence-electron chi connectivity index (χ3n) is 2.09. The summed E-state index contributed by atoms with van der Waals surface area (Å²) < 4.78 is 15.7. The van der Waals surface area contributed by atoms with Crippen LogP contribution in [-0.4, -0.2) is 50.1 Å². The monoisotopic (exact) mass is 255 g/mol. The van der Waals surface area contributed by atoms with Crippen LogP contribution in [0.1, 0.15) is 13.3 Å². The molecule has 0 aromatic carbocycles. The van der Waals surface area contributed by atoms with Crippen molar-refractivity contribution in [3.05, 3.63) is 12.4 Å². The largest absolute Gasteiger partial charge is 0.476 e. The Hall–Kier alpha value is -1.40.